The lowest BCUT2D eigenvalue weighted by atomic mass is 10.1. The monoisotopic (exact) mass is 568 g/mol. The Balaban J connectivity index is 1.63. The van der Waals surface area contributed by atoms with Crippen molar-refractivity contribution in [3.8, 4) is 17.2 Å². The predicted octanol–water partition coefficient (Wildman–Crippen LogP) is 6.63. The Hall–Kier alpha value is -3.27. The molecule has 0 bridgehead atoms. The maximum atomic E-state index is 14.2. The van der Waals surface area contributed by atoms with Crippen LogP contribution < -0.4 is 24.4 Å². The molecule has 0 spiro atoms. The van der Waals surface area contributed by atoms with Gasteiger partial charge in [-0.3, -0.25) is 0 Å². The first-order chi connectivity index (χ1) is 19.0. The first-order valence-corrected chi connectivity index (χ1v) is 13.9. The van der Waals surface area contributed by atoms with Crippen molar-refractivity contribution in [2.45, 2.75) is 29.5 Å². The van der Waals surface area contributed by atoms with E-state index in [1.165, 1.54) is 12.4 Å². The summed E-state index contributed by atoms with van der Waals surface area (Å²) >= 11 is 8.03. The number of anilines is 2. The van der Waals surface area contributed by atoms with Crippen LogP contribution in [0.25, 0.3) is 10.9 Å². The van der Waals surface area contributed by atoms with Gasteiger partial charge in [0.25, 0.3) is 0 Å². The lowest BCUT2D eigenvalue weighted by Gasteiger charge is -2.27. The van der Waals surface area contributed by atoms with Gasteiger partial charge < -0.3 is 24.4 Å². The number of ether oxygens (including phenoxy) is 3. The molecule has 1 atom stereocenters. The van der Waals surface area contributed by atoms with E-state index in [2.05, 4.69) is 16.4 Å². The van der Waals surface area contributed by atoms with E-state index >= 15 is 0 Å². The van der Waals surface area contributed by atoms with Crippen LogP contribution in [0, 0.1) is 5.82 Å². The van der Waals surface area contributed by atoms with Crippen molar-refractivity contribution in [3.63, 3.8) is 0 Å². The van der Waals surface area contributed by atoms with Gasteiger partial charge in [0.1, 0.15) is 23.7 Å². The van der Waals surface area contributed by atoms with E-state index in [4.69, 9.17) is 30.8 Å². The van der Waals surface area contributed by atoms with Gasteiger partial charge in [0.2, 0.25) is 0 Å². The second-order valence-corrected chi connectivity index (χ2v) is 10.9. The third-order valence-electron chi connectivity index (χ3n) is 6.70. The average Bonchev–Trinajstić information content (AvgIpc) is 2.97. The zero-order valence-electron chi connectivity index (χ0n) is 22.0. The molecule has 3 aromatic carbocycles. The van der Waals surface area contributed by atoms with E-state index in [0.29, 0.717) is 34.8 Å². The lowest BCUT2D eigenvalue weighted by Crippen LogP contribution is -2.31. The standard InChI is InChI=1S/C29H30ClFN4O3S/c1-36-25-9-6-18(11-26(25)37-2)16-35(19-7-8-23(31)22(30)12-19)29-21-13-28(39-20-5-4-10-32-15-20)27(38-3)14-24(21)33-17-34-29/h6-9,11-14,17,20,32H,4-5,10,15-16H2,1-3H3/t20-/m1/s1. The third kappa shape index (κ3) is 6.00. The minimum absolute atomic E-state index is 0.0332. The topological polar surface area (TPSA) is 68.7 Å². The Labute approximate surface area is 236 Å². The number of hydrogen-bond acceptors (Lipinski definition) is 8. The SMILES string of the molecule is COc1ccc(CN(c2ccc(F)c(Cl)c2)c2ncnc3cc(OC)c(S[C@@H]4CCCNC4)cc23)cc1OC. The lowest BCUT2D eigenvalue weighted by molar-refractivity contribution is 0.354. The van der Waals surface area contributed by atoms with Crippen LogP contribution in [0.5, 0.6) is 17.2 Å². The van der Waals surface area contributed by atoms with Crippen LogP contribution in [0.15, 0.2) is 59.8 Å². The zero-order chi connectivity index (χ0) is 27.4. The van der Waals surface area contributed by atoms with Gasteiger partial charge >= 0.3 is 0 Å². The summed E-state index contributed by atoms with van der Waals surface area (Å²) in [6.45, 7) is 2.41. The molecule has 1 fully saturated rings. The Kier molecular flexibility index (Phi) is 8.60. The minimum atomic E-state index is -0.483. The fraction of sp³-hybridized carbons (Fsp3) is 0.310. The number of aromatic nitrogens is 2. The second-order valence-electron chi connectivity index (χ2n) is 9.18. The van der Waals surface area contributed by atoms with E-state index in [1.807, 2.05) is 29.2 Å². The molecule has 2 heterocycles. The number of rotatable bonds is 9. The van der Waals surface area contributed by atoms with Crippen LogP contribution in [-0.4, -0.2) is 49.6 Å². The van der Waals surface area contributed by atoms with Gasteiger partial charge in [0.15, 0.2) is 11.5 Å². The summed E-state index contributed by atoms with van der Waals surface area (Å²) in [6.07, 6.45) is 3.81. The molecule has 0 aliphatic carbocycles. The van der Waals surface area contributed by atoms with Crippen molar-refractivity contribution in [2.75, 3.05) is 39.3 Å². The molecule has 1 saturated heterocycles. The van der Waals surface area contributed by atoms with Crippen LogP contribution in [0.2, 0.25) is 5.02 Å². The second kappa shape index (κ2) is 12.3. The molecular weight excluding hydrogens is 539 g/mol. The molecule has 0 saturated carbocycles. The number of piperidine rings is 1. The number of halogens is 2. The molecule has 204 valence electrons. The summed E-state index contributed by atoms with van der Waals surface area (Å²) in [5, 5.41) is 4.81. The number of hydrogen-bond donors (Lipinski definition) is 1. The quantitative estimate of drug-likeness (QED) is 0.241. The highest BCUT2D eigenvalue weighted by molar-refractivity contribution is 8.00. The van der Waals surface area contributed by atoms with Gasteiger partial charge in [-0.25, -0.2) is 14.4 Å². The van der Waals surface area contributed by atoms with Crippen LogP contribution in [-0.2, 0) is 6.54 Å². The number of nitrogens with zero attached hydrogens (tertiary/aromatic N) is 3. The predicted molar refractivity (Wildman–Crippen MR) is 155 cm³/mol. The molecule has 5 rings (SSSR count). The van der Waals surface area contributed by atoms with Crippen molar-refractivity contribution in [1.82, 2.24) is 15.3 Å². The van der Waals surface area contributed by atoms with E-state index in [-0.39, 0.29) is 5.02 Å². The van der Waals surface area contributed by atoms with Crippen LogP contribution in [0.1, 0.15) is 18.4 Å². The average molecular weight is 569 g/mol. The van der Waals surface area contributed by atoms with Gasteiger partial charge in [-0.15, -0.1) is 11.8 Å². The molecule has 0 radical (unpaired) electrons. The van der Waals surface area contributed by atoms with Crippen LogP contribution >= 0.6 is 23.4 Å². The van der Waals surface area contributed by atoms with Crippen molar-refractivity contribution < 1.29 is 18.6 Å². The summed E-state index contributed by atoms with van der Waals surface area (Å²) in [7, 11) is 4.88. The molecule has 7 nitrogen and oxygen atoms in total. The van der Waals surface area contributed by atoms with Crippen molar-refractivity contribution in [3.05, 3.63) is 71.3 Å². The molecule has 4 aromatic rings. The van der Waals surface area contributed by atoms with Crippen LogP contribution in [0.3, 0.4) is 0 Å². The van der Waals surface area contributed by atoms with Crippen molar-refractivity contribution >= 4 is 45.8 Å². The van der Waals surface area contributed by atoms with Crippen molar-refractivity contribution in [1.29, 1.82) is 0 Å². The smallest absolute Gasteiger partial charge is 0.161 e. The normalized spacial score (nSPS) is 15.3. The Morgan fingerprint density at radius 2 is 1.82 bits per heavy atom. The van der Waals surface area contributed by atoms with E-state index in [0.717, 1.165) is 53.0 Å². The molecule has 39 heavy (non-hydrogen) atoms. The van der Waals surface area contributed by atoms with E-state index < -0.39 is 5.82 Å². The highest BCUT2D eigenvalue weighted by Gasteiger charge is 2.22. The van der Waals surface area contributed by atoms with Gasteiger partial charge in [0.05, 0.1) is 36.8 Å². The molecule has 1 N–H and O–H groups in total. The third-order valence-corrected chi connectivity index (χ3v) is 8.30. The van der Waals surface area contributed by atoms with E-state index in [9.17, 15) is 4.39 Å². The molecule has 0 unspecified atom stereocenters. The molecule has 1 aliphatic rings. The summed E-state index contributed by atoms with van der Waals surface area (Å²) in [5.74, 6) is 2.21. The number of nitrogens with one attached hydrogen (secondary N) is 1. The first kappa shape index (κ1) is 27.3. The van der Waals surface area contributed by atoms with Gasteiger partial charge in [-0.2, -0.15) is 0 Å². The highest BCUT2D eigenvalue weighted by Crippen LogP contribution is 2.41. The number of fused-ring (bicyclic) bond motifs is 1. The van der Waals surface area contributed by atoms with Gasteiger partial charge in [-0.1, -0.05) is 17.7 Å². The summed E-state index contributed by atoms with van der Waals surface area (Å²) in [6, 6.07) is 14.5. The summed E-state index contributed by atoms with van der Waals surface area (Å²) in [5.41, 5.74) is 2.38. The summed E-state index contributed by atoms with van der Waals surface area (Å²) in [4.78, 5) is 12.3. The van der Waals surface area contributed by atoms with Crippen molar-refractivity contribution in [2.24, 2.45) is 0 Å². The molecule has 0 amide bonds. The Morgan fingerprint density at radius 3 is 2.54 bits per heavy atom. The Bertz CT molecular complexity index is 1470. The summed E-state index contributed by atoms with van der Waals surface area (Å²) < 4.78 is 30.8. The highest BCUT2D eigenvalue weighted by atomic mass is 35.5. The first-order valence-electron chi connectivity index (χ1n) is 12.6. The largest absolute Gasteiger partial charge is 0.496 e. The minimum Gasteiger partial charge on any atom is -0.496 e. The molecule has 1 aliphatic heterocycles. The maximum absolute atomic E-state index is 14.2. The molecular formula is C29H30ClFN4O3S. The number of thioether (sulfide) groups is 1. The molecule has 10 heteroatoms. The Morgan fingerprint density at radius 1 is 1.00 bits per heavy atom. The fourth-order valence-corrected chi connectivity index (χ4v) is 6.18. The maximum Gasteiger partial charge on any atom is 0.161 e. The van der Waals surface area contributed by atoms with Gasteiger partial charge in [0, 0.05) is 35.5 Å². The number of benzene rings is 3. The number of methoxy groups -OCH3 is 3. The van der Waals surface area contributed by atoms with E-state index in [1.54, 1.807) is 45.2 Å². The zero-order valence-corrected chi connectivity index (χ0v) is 23.6. The molecule has 1 aromatic heterocycles. The fourth-order valence-electron chi connectivity index (χ4n) is 4.72. The van der Waals surface area contributed by atoms with Gasteiger partial charge in [-0.05, 0) is 61.3 Å². The van der Waals surface area contributed by atoms with Crippen LogP contribution in [0.4, 0.5) is 15.9 Å².